The van der Waals surface area contributed by atoms with Crippen LogP contribution in [-0.4, -0.2) is 21.0 Å². The fourth-order valence-electron chi connectivity index (χ4n) is 1.53. The number of nitro groups is 1. The second kappa shape index (κ2) is 5.66. The molecule has 8 heteroatoms. The first-order chi connectivity index (χ1) is 9.49. The Hall–Kier alpha value is -2.48. The number of pyridine rings is 1. The highest BCUT2D eigenvalue weighted by Gasteiger charge is 2.15. The molecule has 0 radical (unpaired) electrons. The minimum absolute atomic E-state index is 0.117. The van der Waals surface area contributed by atoms with Crippen LogP contribution in [0, 0.1) is 10.1 Å². The van der Waals surface area contributed by atoms with Crippen molar-refractivity contribution in [1.29, 1.82) is 0 Å². The van der Waals surface area contributed by atoms with Gasteiger partial charge in [-0.15, -0.1) is 0 Å². The van der Waals surface area contributed by atoms with Gasteiger partial charge in [-0.05, 0) is 40.2 Å². The summed E-state index contributed by atoms with van der Waals surface area (Å²) in [5.74, 6) is -1.05. The predicted molar refractivity (Wildman–Crippen MR) is 75.3 cm³/mol. The number of benzene rings is 1. The molecule has 0 unspecified atom stereocenters. The van der Waals surface area contributed by atoms with Crippen LogP contribution < -0.4 is 5.32 Å². The summed E-state index contributed by atoms with van der Waals surface area (Å²) in [6, 6.07) is 5.81. The van der Waals surface area contributed by atoms with E-state index < -0.39 is 10.9 Å². The van der Waals surface area contributed by atoms with Crippen LogP contribution in [0.15, 0.2) is 41.1 Å². The number of halogens is 1. The number of rotatable bonds is 4. The summed E-state index contributed by atoms with van der Waals surface area (Å²) in [7, 11) is 0. The van der Waals surface area contributed by atoms with E-state index in [0.29, 0.717) is 10.2 Å². The van der Waals surface area contributed by atoms with Crippen LogP contribution in [0.5, 0.6) is 0 Å². The van der Waals surface area contributed by atoms with Crippen molar-refractivity contribution in [2.75, 3.05) is 5.32 Å². The van der Waals surface area contributed by atoms with E-state index in [-0.39, 0.29) is 16.9 Å². The summed E-state index contributed by atoms with van der Waals surface area (Å²) in [5.41, 5.74) is 0.742. The zero-order valence-electron chi connectivity index (χ0n) is 9.91. The van der Waals surface area contributed by atoms with Gasteiger partial charge in [-0.1, -0.05) is 0 Å². The molecule has 2 rings (SSSR count). The maximum Gasteiger partial charge on any atom is 0.335 e. The summed E-state index contributed by atoms with van der Waals surface area (Å²) >= 11 is 3.22. The first-order valence-electron chi connectivity index (χ1n) is 5.37. The first-order valence-corrected chi connectivity index (χ1v) is 6.16. The first kappa shape index (κ1) is 13.9. The lowest BCUT2D eigenvalue weighted by Gasteiger charge is -2.09. The molecular formula is C12H8BrN3O4. The number of aromatic nitrogens is 1. The number of carbonyl (C=O) groups is 1. The van der Waals surface area contributed by atoms with Gasteiger partial charge in [-0.3, -0.25) is 15.1 Å². The molecule has 0 amide bonds. The fraction of sp³-hybridized carbons (Fsp3) is 0. The van der Waals surface area contributed by atoms with Gasteiger partial charge in [0.15, 0.2) is 0 Å². The average Bonchev–Trinajstić information content (AvgIpc) is 2.41. The van der Waals surface area contributed by atoms with E-state index in [2.05, 4.69) is 26.2 Å². The molecule has 0 fully saturated rings. The molecule has 0 saturated carbocycles. The molecular weight excluding hydrogens is 330 g/mol. The third-order valence-electron chi connectivity index (χ3n) is 2.48. The topological polar surface area (TPSA) is 105 Å². The van der Waals surface area contributed by atoms with Gasteiger partial charge in [0.25, 0.3) is 0 Å². The van der Waals surface area contributed by atoms with E-state index in [9.17, 15) is 14.9 Å². The third-order valence-corrected chi connectivity index (χ3v) is 3.14. The minimum atomic E-state index is -1.05. The number of carboxylic acid groups (broad SMARTS) is 1. The Morgan fingerprint density at radius 3 is 2.70 bits per heavy atom. The molecule has 1 aromatic carbocycles. The molecule has 0 aliphatic rings. The maximum absolute atomic E-state index is 10.9. The monoisotopic (exact) mass is 337 g/mol. The van der Waals surface area contributed by atoms with Crippen molar-refractivity contribution < 1.29 is 14.8 Å². The minimum Gasteiger partial charge on any atom is -0.478 e. The average molecular weight is 338 g/mol. The van der Waals surface area contributed by atoms with Crippen LogP contribution in [0.4, 0.5) is 17.1 Å². The highest BCUT2D eigenvalue weighted by Crippen LogP contribution is 2.31. The van der Waals surface area contributed by atoms with Crippen molar-refractivity contribution >= 4 is 39.0 Å². The summed E-state index contributed by atoms with van der Waals surface area (Å²) < 4.78 is 0.489. The van der Waals surface area contributed by atoms with Crippen LogP contribution in [0.25, 0.3) is 0 Å². The summed E-state index contributed by atoms with van der Waals surface area (Å²) in [5, 5.41) is 22.6. The van der Waals surface area contributed by atoms with Gasteiger partial charge in [0.05, 0.1) is 16.2 Å². The van der Waals surface area contributed by atoms with Crippen molar-refractivity contribution in [3.8, 4) is 0 Å². The normalized spacial score (nSPS) is 10.1. The zero-order valence-corrected chi connectivity index (χ0v) is 11.5. The van der Waals surface area contributed by atoms with E-state index in [1.54, 1.807) is 0 Å². The molecule has 102 valence electrons. The molecule has 1 heterocycles. The quantitative estimate of drug-likeness (QED) is 0.655. The molecule has 0 spiro atoms. The molecule has 2 aromatic rings. The number of anilines is 2. The van der Waals surface area contributed by atoms with E-state index in [4.69, 9.17) is 5.11 Å². The van der Waals surface area contributed by atoms with Crippen LogP contribution >= 0.6 is 15.9 Å². The van der Waals surface area contributed by atoms with Gasteiger partial charge in [-0.2, -0.15) is 0 Å². The SMILES string of the molecule is O=C(O)c1ccc(Nc2ccncc2[N+](=O)[O-])c(Br)c1. The van der Waals surface area contributed by atoms with Crippen molar-refractivity contribution in [3.63, 3.8) is 0 Å². The van der Waals surface area contributed by atoms with Crippen LogP contribution in [-0.2, 0) is 0 Å². The Morgan fingerprint density at radius 1 is 1.35 bits per heavy atom. The highest BCUT2D eigenvalue weighted by molar-refractivity contribution is 9.10. The summed E-state index contributed by atoms with van der Waals surface area (Å²) in [6.45, 7) is 0. The van der Waals surface area contributed by atoms with Crippen molar-refractivity contribution in [1.82, 2.24) is 4.98 Å². The molecule has 20 heavy (non-hydrogen) atoms. The van der Waals surface area contributed by atoms with Crippen LogP contribution in [0.1, 0.15) is 10.4 Å². The molecule has 7 nitrogen and oxygen atoms in total. The van der Waals surface area contributed by atoms with Gasteiger partial charge in [0.1, 0.15) is 11.9 Å². The molecule has 2 N–H and O–H groups in total. The Labute approximate surface area is 121 Å². The number of hydrogen-bond donors (Lipinski definition) is 2. The lowest BCUT2D eigenvalue weighted by Crippen LogP contribution is -2.00. The van der Waals surface area contributed by atoms with Gasteiger partial charge in [0.2, 0.25) is 0 Å². The van der Waals surface area contributed by atoms with Crippen molar-refractivity contribution in [2.45, 2.75) is 0 Å². The number of nitrogens with zero attached hydrogens (tertiary/aromatic N) is 2. The maximum atomic E-state index is 10.9. The molecule has 0 atom stereocenters. The summed E-state index contributed by atoms with van der Waals surface area (Å²) in [6.07, 6.45) is 2.57. The Bertz CT molecular complexity index is 690. The fourth-order valence-corrected chi connectivity index (χ4v) is 2.01. The molecule has 1 aromatic heterocycles. The molecule has 0 aliphatic carbocycles. The van der Waals surface area contributed by atoms with E-state index in [1.807, 2.05) is 0 Å². The van der Waals surface area contributed by atoms with E-state index in [1.165, 1.54) is 30.5 Å². The van der Waals surface area contributed by atoms with Gasteiger partial charge < -0.3 is 10.4 Å². The Balaban J connectivity index is 2.36. The zero-order chi connectivity index (χ0) is 14.7. The predicted octanol–water partition coefficient (Wildman–Crippen LogP) is 3.19. The van der Waals surface area contributed by atoms with Gasteiger partial charge in [-0.25, -0.2) is 4.79 Å². The lowest BCUT2D eigenvalue weighted by molar-refractivity contribution is -0.384. The standard InChI is InChI=1S/C12H8BrN3O4/c13-8-5-7(12(17)18)1-2-9(8)15-10-3-4-14-6-11(10)16(19)20/h1-6H,(H,14,15)(H,17,18). The second-order valence-corrected chi connectivity index (χ2v) is 4.63. The molecule has 0 bridgehead atoms. The number of carboxylic acids is 1. The van der Waals surface area contributed by atoms with Crippen molar-refractivity contribution in [2.24, 2.45) is 0 Å². The number of nitrogens with one attached hydrogen (secondary N) is 1. The van der Waals surface area contributed by atoms with E-state index >= 15 is 0 Å². The van der Waals surface area contributed by atoms with Gasteiger partial charge >= 0.3 is 11.7 Å². The van der Waals surface area contributed by atoms with Crippen LogP contribution in [0.3, 0.4) is 0 Å². The molecule has 0 saturated heterocycles. The van der Waals surface area contributed by atoms with E-state index in [0.717, 1.165) is 6.20 Å². The van der Waals surface area contributed by atoms with Crippen molar-refractivity contribution in [3.05, 3.63) is 56.8 Å². The second-order valence-electron chi connectivity index (χ2n) is 3.77. The Kier molecular flexibility index (Phi) is 3.94. The highest BCUT2D eigenvalue weighted by atomic mass is 79.9. The number of hydrogen-bond acceptors (Lipinski definition) is 5. The lowest BCUT2D eigenvalue weighted by atomic mass is 10.2. The Morgan fingerprint density at radius 2 is 2.10 bits per heavy atom. The van der Waals surface area contributed by atoms with Crippen LogP contribution in [0.2, 0.25) is 0 Å². The smallest absolute Gasteiger partial charge is 0.335 e. The third kappa shape index (κ3) is 2.91. The molecule has 0 aliphatic heterocycles. The summed E-state index contributed by atoms with van der Waals surface area (Å²) in [4.78, 5) is 24.9. The largest absolute Gasteiger partial charge is 0.478 e. The number of aromatic carboxylic acids is 1. The van der Waals surface area contributed by atoms with Gasteiger partial charge in [0, 0.05) is 10.7 Å².